The molecule has 1 aliphatic rings. The average Bonchev–Trinajstić information content (AvgIpc) is 3.18. The van der Waals surface area contributed by atoms with Crippen LogP contribution in [0.2, 0.25) is 5.04 Å². The van der Waals surface area contributed by atoms with E-state index in [9.17, 15) is 19.9 Å². The number of rotatable bonds is 10. The van der Waals surface area contributed by atoms with E-state index in [1.165, 1.54) is 20.8 Å². The molecular formula is C28H35N3O8Si. The van der Waals surface area contributed by atoms with E-state index in [-0.39, 0.29) is 11.6 Å². The normalized spacial score (nSPS) is 21.6. The Hall–Kier alpha value is -3.70. The van der Waals surface area contributed by atoms with Crippen LogP contribution in [0.1, 0.15) is 41.5 Å². The first kappa shape index (κ1) is 30.8. The Balaban J connectivity index is 2.08. The van der Waals surface area contributed by atoms with Gasteiger partial charge in [0.05, 0.1) is 6.04 Å². The molecule has 1 saturated heterocycles. The van der Waals surface area contributed by atoms with Crippen LogP contribution in [0, 0.1) is 0 Å². The molecular weight excluding hydrogens is 534 g/mol. The van der Waals surface area contributed by atoms with Gasteiger partial charge in [0, 0.05) is 32.3 Å². The smallest absolute Gasteiger partial charge is 0.305 e. The van der Waals surface area contributed by atoms with Crippen molar-refractivity contribution in [2.24, 2.45) is 5.11 Å². The summed E-state index contributed by atoms with van der Waals surface area (Å²) in [5, 5.41) is 5.59. The van der Waals surface area contributed by atoms with Crippen LogP contribution in [0.5, 0.6) is 0 Å². The minimum atomic E-state index is -3.05. The van der Waals surface area contributed by atoms with Gasteiger partial charge in [0.15, 0.2) is 6.10 Å². The zero-order valence-corrected chi connectivity index (χ0v) is 24.5. The third-order valence-electron chi connectivity index (χ3n) is 6.56. The first-order valence-electron chi connectivity index (χ1n) is 12.9. The Morgan fingerprint density at radius 1 is 0.875 bits per heavy atom. The summed E-state index contributed by atoms with van der Waals surface area (Å²) in [6.45, 7) is 9.69. The summed E-state index contributed by atoms with van der Waals surface area (Å²) in [7, 11) is -3.05. The molecule has 5 atom stereocenters. The number of hydrogen-bond acceptors (Lipinski definition) is 9. The van der Waals surface area contributed by atoms with E-state index < -0.39 is 56.9 Å². The maximum atomic E-state index is 12.1. The van der Waals surface area contributed by atoms with Gasteiger partial charge in [-0.3, -0.25) is 14.4 Å². The summed E-state index contributed by atoms with van der Waals surface area (Å²) in [6.07, 6.45) is -5.05. The second-order valence-corrected chi connectivity index (χ2v) is 14.8. The molecule has 2 aromatic rings. The Morgan fingerprint density at radius 3 is 1.77 bits per heavy atom. The van der Waals surface area contributed by atoms with E-state index in [0.717, 1.165) is 10.4 Å². The molecule has 0 aliphatic carbocycles. The number of azide groups is 1. The van der Waals surface area contributed by atoms with Gasteiger partial charge in [0.1, 0.15) is 6.10 Å². The van der Waals surface area contributed by atoms with Crippen molar-refractivity contribution in [1.29, 1.82) is 0 Å². The van der Waals surface area contributed by atoms with Gasteiger partial charge in [0.25, 0.3) is 8.32 Å². The zero-order valence-electron chi connectivity index (χ0n) is 23.5. The van der Waals surface area contributed by atoms with Gasteiger partial charge in [-0.1, -0.05) is 86.5 Å². The molecule has 214 valence electrons. The summed E-state index contributed by atoms with van der Waals surface area (Å²) in [4.78, 5) is 38.7. The number of carbonyl (C=O) groups excluding carboxylic acids is 3. The van der Waals surface area contributed by atoms with Crippen LogP contribution < -0.4 is 10.4 Å². The summed E-state index contributed by atoms with van der Waals surface area (Å²) in [5.41, 5.74) is 9.49. The molecule has 40 heavy (non-hydrogen) atoms. The molecule has 0 spiro atoms. The number of hydrogen-bond donors (Lipinski definition) is 0. The van der Waals surface area contributed by atoms with Crippen LogP contribution >= 0.6 is 0 Å². The second-order valence-electron chi connectivity index (χ2n) is 10.5. The van der Waals surface area contributed by atoms with E-state index in [1.807, 2.05) is 60.7 Å². The molecule has 1 heterocycles. The molecule has 0 bridgehead atoms. The summed E-state index contributed by atoms with van der Waals surface area (Å²) in [6, 6.07) is 18.7. The molecule has 11 nitrogen and oxygen atoms in total. The fourth-order valence-electron chi connectivity index (χ4n) is 5.09. The van der Waals surface area contributed by atoms with Gasteiger partial charge < -0.3 is 23.4 Å². The SMILES string of the molecule is CC(=O)OC1O[C@H]([C@@H](CO[Si](c2ccccc2)(c2ccccc2)C(C)(C)C)N=[N+]=[N-])[C@@H](OC(C)=O)[C@H]1OC(C)=O. The number of benzene rings is 2. The van der Waals surface area contributed by atoms with Crippen LogP contribution in [0.4, 0.5) is 0 Å². The van der Waals surface area contributed by atoms with Gasteiger partial charge in [-0.05, 0) is 20.9 Å². The Labute approximate surface area is 234 Å². The van der Waals surface area contributed by atoms with Crippen molar-refractivity contribution in [2.45, 2.75) is 77.2 Å². The molecule has 12 heteroatoms. The van der Waals surface area contributed by atoms with Crippen molar-refractivity contribution in [1.82, 2.24) is 0 Å². The van der Waals surface area contributed by atoms with Crippen molar-refractivity contribution >= 4 is 36.6 Å². The quantitative estimate of drug-likeness (QED) is 0.106. The van der Waals surface area contributed by atoms with Crippen LogP contribution in [0.15, 0.2) is 65.8 Å². The Morgan fingerprint density at radius 2 is 1.35 bits per heavy atom. The van der Waals surface area contributed by atoms with Crippen LogP contribution in [0.25, 0.3) is 10.4 Å². The van der Waals surface area contributed by atoms with Gasteiger partial charge in [-0.2, -0.15) is 0 Å². The summed E-state index contributed by atoms with van der Waals surface area (Å²) >= 11 is 0. The zero-order chi connectivity index (χ0) is 29.5. The number of ether oxygens (including phenoxy) is 4. The standard InChI is InChI=1S/C28H35N3O8Si/c1-18(32)36-25-24(39-27(38-20(3)34)26(25)37-19(2)33)23(30-31-29)17-35-40(28(4,5)6,21-13-9-7-10-14-21)22-15-11-8-12-16-22/h7-16,23-27H,17H2,1-6H3/t23-,24-,25-,26-,27?/m1/s1. The molecule has 2 aromatic carbocycles. The number of carbonyl (C=O) groups is 3. The average molecular weight is 570 g/mol. The highest BCUT2D eigenvalue weighted by molar-refractivity contribution is 6.99. The van der Waals surface area contributed by atoms with Gasteiger partial charge in [-0.15, -0.1) is 0 Å². The molecule has 0 amide bonds. The van der Waals surface area contributed by atoms with Crippen molar-refractivity contribution in [3.63, 3.8) is 0 Å². The highest BCUT2D eigenvalue weighted by atomic mass is 28.4. The van der Waals surface area contributed by atoms with Crippen molar-refractivity contribution < 1.29 is 37.8 Å². The van der Waals surface area contributed by atoms with Crippen LogP contribution in [-0.4, -0.2) is 63.5 Å². The maximum Gasteiger partial charge on any atom is 0.305 e. The topological polar surface area (TPSA) is 146 Å². The first-order chi connectivity index (χ1) is 18.9. The van der Waals surface area contributed by atoms with Crippen molar-refractivity contribution in [2.75, 3.05) is 6.61 Å². The third-order valence-corrected chi connectivity index (χ3v) is 11.6. The molecule has 0 aromatic heterocycles. The van der Waals surface area contributed by atoms with Gasteiger partial charge in [-0.25, -0.2) is 0 Å². The summed E-state index contributed by atoms with van der Waals surface area (Å²) < 4.78 is 28.9. The maximum absolute atomic E-state index is 12.1. The Kier molecular flexibility index (Phi) is 10.1. The minimum Gasteiger partial charge on any atom is -0.456 e. The van der Waals surface area contributed by atoms with E-state index >= 15 is 0 Å². The minimum absolute atomic E-state index is 0.126. The molecule has 3 rings (SSSR count). The lowest BCUT2D eigenvalue weighted by Crippen LogP contribution is -2.67. The molecule has 0 radical (unpaired) electrons. The van der Waals surface area contributed by atoms with E-state index in [2.05, 4.69) is 30.8 Å². The molecule has 0 N–H and O–H groups in total. The van der Waals surface area contributed by atoms with E-state index in [0.29, 0.717) is 0 Å². The van der Waals surface area contributed by atoms with Crippen molar-refractivity contribution in [3.8, 4) is 0 Å². The largest absolute Gasteiger partial charge is 0.456 e. The first-order valence-corrected chi connectivity index (χ1v) is 14.8. The highest BCUT2D eigenvalue weighted by Gasteiger charge is 2.55. The number of nitrogens with zero attached hydrogens (tertiary/aromatic N) is 3. The van der Waals surface area contributed by atoms with Crippen LogP contribution in [0.3, 0.4) is 0 Å². The molecule has 1 unspecified atom stereocenters. The van der Waals surface area contributed by atoms with Crippen LogP contribution in [-0.2, 0) is 37.8 Å². The van der Waals surface area contributed by atoms with Crippen molar-refractivity contribution in [3.05, 3.63) is 71.1 Å². The third kappa shape index (κ3) is 6.89. The summed E-state index contributed by atoms with van der Waals surface area (Å²) in [5.74, 6) is -2.09. The Bertz CT molecular complexity index is 1190. The lowest BCUT2D eigenvalue weighted by atomic mass is 10.0. The predicted molar refractivity (Wildman–Crippen MR) is 148 cm³/mol. The lowest BCUT2D eigenvalue weighted by Gasteiger charge is -2.43. The molecule has 0 saturated carbocycles. The monoisotopic (exact) mass is 569 g/mol. The second kappa shape index (κ2) is 13.1. The lowest BCUT2D eigenvalue weighted by molar-refractivity contribution is -0.196. The molecule has 1 aliphatic heterocycles. The van der Waals surface area contributed by atoms with Gasteiger partial charge >= 0.3 is 17.9 Å². The van der Waals surface area contributed by atoms with E-state index in [1.54, 1.807) is 0 Å². The van der Waals surface area contributed by atoms with E-state index in [4.69, 9.17) is 23.4 Å². The predicted octanol–water partition coefficient (Wildman–Crippen LogP) is 3.39. The number of esters is 3. The highest BCUT2D eigenvalue weighted by Crippen LogP contribution is 2.38. The fraction of sp³-hybridized carbons (Fsp3) is 0.464. The van der Waals surface area contributed by atoms with Gasteiger partial charge in [0.2, 0.25) is 12.4 Å². The fourth-order valence-corrected chi connectivity index (χ4v) is 9.67. The molecule has 1 fully saturated rings.